The molecule has 6 aliphatic rings. The van der Waals surface area contributed by atoms with Crippen molar-refractivity contribution in [1.29, 1.82) is 0 Å². The molecule has 1 saturated carbocycles. The lowest BCUT2D eigenvalue weighted by molar-refractivity contribution is 0.0176. The standard InChI is InChI=1S/C37H34F3N5O4/c1-2-23-25(38)5-3-18-9-21(46)11-24(28(18)23)29-31(39)33-30-34(32(29)40)48-15-27-26-6-4-19(41-26)12-45(27)35(30)43-36(42-33)49-17-37(7-8-37)16-44-13-22-10-20(44)14-47-22/h1,3,5,9,11,19-20,22,26-27,41,46H,4,6-8,10,12-17H2/t19-,20-,22-,26+,27-/m1/s1. The molecular formula is C37H34F3N5O4. The molecule has 0 spiro atoms. The van der Waals surface area contributed by atoms with Crippen molar-refractivity contribution < 1.29 is 32.5 Å². The summed E-state index contributed by atoms with van der Waals surface area (Å²) in [5.74, 6) is -0.479. The van der Waals surface area contributed by atoms with Gasteiger partial charge in [0.15, 0.2) is 17.4 Å². The third kappa shape index (κ3) is 4.51. The van der Waals surface area contributed by atoms with Crippen LogP contribution in [0.3, 0.4) is 0 Å². The number of hydrogen-bond acceptors (Lipinski definition) is 9. The summed E-state index contributed by atoms with van der Waals surface area (Å²) in [6.45, 7) is 3.66. The van der Waals surface area contributed by atoms with Crippen LogP contribution < -0.4 is 19.7 Å². The summed E-state index contributed by atoms with van der Waals surface area (Å²) in [4.78, 5) is 14.0. The average Bonchev–Trinajstić information content (AvgIpc) is 3.36. The molecule has 0 amide bonds. The molecule has 2 N–H and O–H groups in total. The predicted octanol–water partition coefficient (Wildman–Crippen LogP) is 4.89. The van der Waals surface area contributed by atoms with Crippen LogP contribution in [0.15, 0.2) is 24.3 Å². The molecular weight excluding hydrogens is 635 g/mol. The van der Waals surface area contributed by atoms with E-state index in [-0.39, 0.29) is 75.1 Å². The minimum Gasteiger partial charge on any atom is -0.508 e. The highest BCUT2D eigenvalue weighted by molar-refractivity contribution is 6.06. The number of phenolic OH excluding ortho intramolecular Hbond substituents is 1. The van der Waals surface area contributed by atoms with Gasteiger partial charge < -0.3 is 29.5 Å². The first-order valence-electron chi connectivity index (χ1n) is 17.1. The second kappa shape index (κ2) is 10.6. The first-order valence-corrected chi connectivity index (χ1v) is 17.1. The highest BCUT2D eigenvalue weighted by Gasteiger charge is 2.50. The summed E-state index contributed by atoms with van der Waals surface area (Å²) in [5.41, 5.74) is -1.02. The number of nitrogens with zero attached hydrogens (tertiary/aromatic N) is 4. The third-order valence-corrected chi connectivity index (χ3v) is 11.7. The normalized spacial score (nSPS) is 27.6. The van der Waals surface area contributed by atoms with E-state index in [0.29, 0.717) is 36.5 Å². The number of terminal acetylenes is 1. The third-order valence-electron chi connectivity index (χ3n) is 11.7. The number of halogens is 3. The van der Waals surface area contributed by atoms with Gasteiger partial charge in [-0.25, -0.2) is 13.2 Å². The van der Waals surface area contributed by atoms with Crippen molar-refractivity contribution in [2.24, 2.45) is 5.41 Å². The zero-order valence-electron chi connectivity index (χ0n) is 26.6. The monoisotopic (exact) mass is 669 g/mol. The maximum atomic E-state index is 17.2. The molecule has 5 aliphatic heterocycles. The molecule has 4 bridgehead atoms. The van der Waals surface area contributed by atoms with Gasteiger partial charge in [-0.15, -0.1) is 6.42 Å². The number of aromatic nitrogens is 2. The van der Waals surface area contributed by atoms with Crippen molar-refractivity contribution in [2.75, 3.05) is 44.4 Å². The Hall–Kier alpha value is -4.31. The van der Waals surface area contributed by atoms with Crippen LogP contribution >= 0.6 is 0 Å². The van der Waals surface area contributed by atoms with Crippen molar-refractivity contribution in [1.82, 2.24) is 20.2 Å². The van der Waals surface area contributed by atoms with Crippen molar-refractivity contribution >= 4 is 27.5 Å². The van der Waals surface area contributed by atoms with Crippen molar-refractivity contribution in [3.05, 3.63) is 47.3 Å². The fraction of sp³-hybridized carbons (Fsp3) is 0.459. The topological polar surface area (TPSA) is 92.2 Å². The van der Waals surface area contributed by atoms with Gasteiger partial charge >= 0.3 is 6.01 Å². The van der Waals surface area contributed by atoms with Gasteiger partial charge in [0.25, 0.3) is 0 Å². The summed E-state index contributed by atoms with van der Waals surface area (Å²) in [7, 11) is 0. The van der Waals surface area contributed by atoms with Gasteiger partial charge in [0.1, 0.15) is 29.5 Å². The number of likely N-dealkylation sites (tertiary alicyclic amines) is 1. The molecule has 49 heavy (non-hydrogen) atoms. The first-order chi connectivity index (χ1) is 23.8. The number of phenols is 1. The largest absolute Gasteiger partial charge is 0.508 e. The highest BCUT2D eigenvalue weighted by atomic mass is 19.1. The second-order valence-corrected chi connectivity index (χ2v) is 14.7. The molecule has 1 aliphatic carbocycles. The molecule has 1 aromatic heterocycles. The summed E-state index contributed by atoms with van der Waals surface area (Å²) < 4.78 is 67.5. The zero-order chi connectivity index (χ0) is 33.2. The van der Waals surface area contributed by atoms with Crippen LogP contribution in [0.2, 0.25) is 0 Å². The van der Waals surface area contributed by atoms with E-state index in [2.05, 4.69) is 26.0 Å². The number of piperazine rings is 1. The number of aromatic hydroxyl groups is 1. The lowest BCUT2D eigenvalue weighted by Gasteiger charge is -2.40. The van der Waals surface area contributed by atoms with E-state index in [9.17, 15) is 5.11 Å². The quantitative estimate of drug-likeness (QED) is 0.279. The number of anilines is 1. The van der Waals surface area contributed by atoms with Crippen LogP contribution in [0, 0.1) is 35.2 Å². The first kappa shape index (κ1) is 29.6. The van der Waals surface area contributed by atoms with Crippen LogP contribution in [0.1, 0.15) is 37.7 Å². The number of fused-ring (bicyclic) bond motifs is 8. The number of rotatable bonds is 6. The summed E-state index contributed by atoms with van der Waals surface area (Å²) in [6.07, 6.45) is 11.0. The van der Waals surface area contributed by atoms with E-state index in [1.165, 1.54) is 24.3 Å². The Labute approximate surface area is 280 Å². The van der Waals surface area contributed by atoms with E-state index in [1.54, 1.807) is 0 Å². The average molecular weight is 670 g/mol. The van der Waals surface area contributed by atoms with Crippen LogP contribution in [0.5, 0.6) is 17.5 Å². The zero-order valence-corrected chi connectivity index (χ0v) is 26.6. The number of nitrogens with one attached hydrogen (secondary N) is 1. The van der Waals surface area contributed by atoms with Gasteiger partial charge in [0.05, 0.1) is 41.9 Å². The summed E-state index contributed by atoms with van der Waals surface area (Å²) in [6, 6.07) is 5.69. The molecule has 12 heteroatoms. The van der Waals surface area contributed by atoms with Crippen LogP contribution in [0.4, 0.5) is 19.0 Å². The van der Waals surface area contributed by atoms with E-state index >= 15 is 13.2 Å². The molecule has 5 atom stereocenters. The van der Waals surface area contributed by atoms with Gasteiger partial charge in [0, 0.05) is 54.1 Å². The minimum absolute atomic E-state index is 0.00474. The summed E-state index contributed by atoms with van der Waals surface area (Å²) >= 11 is 0. The molecule has 0 unspecified atom stereocenters. The molecule has 3 aromatic carbocycles. The van der Waals surface area contributed by atoms with Crippen molar-refractivity contribution in [3.8, 4) is 41.0 Å². The van der Waals surface area contributed by atoms with Crippen molar-refractivity contribution in [3.63, 3.8) is 0 Å². The fourth-order valence-corrected chi connectivity index (χ4v) is 8.99. The van der Waals surface area contributed by atoms with E-state index in [0.717, 1.165) is 51.8 Å². The van der Waals surface area contributed by atoms with Crippen molar-refractivity contribution in [2.45, 2.75) is 62.4 Å². The molecule has 0 radical (unpaired) electrons. The molecule has 6 heterocycles. The smallest absolute Gasteiger partial charge is 0.319 e. The Morgan fingerprint density at radius 1 is 1.08 bits per heavy atom. The van der Waals surface area contributed by atoms with Crippen LogP contribution in [-0.2, 0) is 4.74 Å². The van der Waals surface area contributed by atoms with Gasteiger partial charge in [-0.1, -0.05) is 12.0 Å². The van der Waals surface area contributed by atoms with Gasteiger partial charge in [-0.2, -0.15) is 9.97 Å². The Kier molecular flexibility index (Phi) is 6.40. The second-order valence-electron chi connectivity index (χ2n) is 14.7. The lowest BCUT2D eigenvalue weighted by atomic mass is 9.92. The Morgan fingerprint density at radius 2 is 1.96 bits per heavy atom. The van der Waals surface area contributed by atoms with E-state index in [4.69, 9.17) is 25.6 Å². The number of morpholine rings is 1. The SMILES string of the molecule is C#Cc1c(F)ccc2cc(O)cc(-c3c(F)c4c5c(nc(OCC6(CN7C[C@H]8C[C@@H]7CO8)CC6)nc5c3F)N3C[C@H]5CC[C@H](N5)[C@H]3CO4)c12. The maximum Gasteiger partial charge on any atom is 0.319 e. The minimum atomic E-state index is -1.00. The van der Waals surface area contributed by atoms with Crippen LogP contribution in [0.25, 0.3) is 32.8 Å². The molecule has 4 aromatic rings. The summed E-state index contributed by atoms with van der Waals surface area (Å²) in [5, 5.41) is 14.9. The Bertz CT molecular complexity index is 2120. The number of benzene rings is 3. The highest BCUT2D eigenvalue weighted by Crippen LogP contribution is 2.50. The molecule has 10 rings (SSSR count). The number of hydrogen-bond donors (Lipinski definition) is 2. The van der Waals surface area contributed by atoms with Crippen LogP contribution in [-0.4, -0.2) is 89.7 Å². The van der Waals surface area contributed by atoms with E-state index in [1.807, 2.05) is 0 Å². The number of ether oxygens (including phenoxy) is 3. The Morgan fingerprint density at radius 3 is 2.73 bits per heavy atom. The van der Waals surface area contributed by atoms with Gasteiger partial charge in [-0.3, -0.25) is 4.90 Å². The van der Waals surface area contributed by atoms with E-state index < -0.39 is 23.0 Å². The predicted molar refractivity (Wildman–Crippen MR) is 175 cm³/mol. The lowest BCUT2D eigenvalue weighted by Crippen LogP contribution is -2.60. The van der Waals surface area contributed by atoms with Gasteiger partial charge in [-0.05, 0) is 55.7 Å². The fourth-order valence-electron chi connectivity index (χ4n) is 8.99. The van der Waals surface area contributed by atoms with Gasteiger partial charge in [0.2, 0.25) is 0 Å². The molecule has 5 fully saturated rings. The maximum absolute atomic E-state index is 17.2. The molecule has 4 saturated heterocycles. The molecule has 9 nitrogen and oxygen atoms in total. The Balaban J connectivity index is 1.13. The molecule has 252 valence electrons.